The average molecular weight is 352 g/mol. The molecule has 1 amide bonds. The summed E-state index contributed by atoms with van der Waals surface area (Å²) in [6.45, 7) is 9.01. The zero-order chi connectivity index (χ0) is 18.1. The smallest absolute Gasteiger partial charge is 0.220 e. The van der Waals surface area contributed by atoms with Crippen molar-refractivity contribution in [2.75, 3.05) is 53.4 Å². The zero-order valence-corrected chi connectivity index (χ0v) is 16.4. The Kier molecular flexibility index (Phi) is 8.52. The van der Waals surface area contributed by atoms with Crippen molar-refractivity contribution in [2.24, 2.45) is 16.8 Å². The number of aliphatic imine (C=N–C) groups is 1. The second kappa shape index (κ2) is 10.6. The second-order valence-electron chi connectivity index (χ2n) is 7.52. The Balaban J connectivity index is 1.68. The van der Waals surface area contributed by atoms with Gasteiger partial charge in [0, 0.05) is 40.2 Å². The van der Waals surface area contributed by atoms with Gasteiger partial charge in [-0.25, -0.2) is 0 Å². The van der Waals surface area contributed by atoms with Crippen molar-refractivity contribution in [2.45, 2.75) is 45.4 Å². The second-order valence-corrected chi connectivity index (χ2v) is 7.52. The maximum absolute atomic E-state index is 11.5. The summed E-state index contributed by atoms with van der Waals surface area (Å²) >= 11 is 0. The Morgan fingerprint density at radius 3 is 2.28 bits per heavy atom. The number of carbonyl (C=O) groups excluding carboxylic acids is 1. The van der Waals surface area contributed by atoms with Gasteiger partial charge in [-0.15, -0.1) is 0 Å². The first-order chi connectivity index (χ1) is 12.2. The van der Waals surface area contributed by atoms with Crippen LogP contribution in [0.2, 0.25) is 0 Å². The minimum absolute atomic E-state index is 0.162. The SMILES string of the molecule is CCCN1CCC(CNC(=NC)N2CCC(CC(=O)NC)CC2)CC1. The van der Waals surface area contributed by atoms with Gasteiger partial charge in [-0.3, -0.25) is 9.79 Å². The largest absolute Gasteiger partial charge is 0.359 e. The molecule has 2 rings (SSSR count). The minimum Gasteiger partial charge on any atom is -0.359 e. The molecule has 2 N–H and O–H groups in total. The highest BCUT2D eigenvalue weighted by Gasteiger charge is 2.24. The normalized spacial score (nSPS) is 21.4. The number of rotatable bonds is 6. The van der Waals surface area contributed by atoms with Crippen LogP contribution in [-0.4, -0.2) is 75.0 Å². The molecule has 0 aliphatic carbocycles. The lowest BCUT2D eigenvalue weighted by Gasteiger charge is -2.36. The Hall–Kier alpha value is -1.30. The van der Waals surface area contributed by atoms with Gasteiger partial charge in [-0.2, -0.15) is 0 Å². The number of likely N-dealkylation sites (tertiary alicyclic amines) is 2. The Bertz CT molecular complexity index is 424. The molecule has 0 bridgehead atoms. The number of nitrogens with one attached hydrogen (secondary N) is 2. The van der Waals surface area contributed by atoms with Crippen LogP contribution in [0.4, 0.5) is 0 Å². The summed E-state index contributed by atoms with van der Waals surface area (Å²) in [5.74, 6) is 2.47. The number of carbonyl (C=O) groups is 1. The van der Waals surface area contributed by atoms with Gasteiger partial charge in [0.15, 0.2) is 5.96 Å². The van der Waals surface area contributed by atoms with Crippen LogP contribution in [0.3, 0.4) is 0 Å². The van der Waals surface area contributed by atoms with Gasteiger partial charge in [0.05, 0.1) is 0 Å². The molecule has 6 nitrogen and oxygen atoms in total. The zero-order valence-electron chi connectivity index (χ0n) is 16.4. The molecule has 2 fully saturated rings. The number of piperidine rings is 2. The first-order valence-electron chi connectivity index (χ1n) is 10.0. The monoisotopic (exact) mass is 351 g/mol. The molecular weight excluding hydrogens is 314 g/mol. The lowest BCUT2D eigenvalue weighted by molar-refractivity contribution is -0.121. The fraction of sp³-hybridized carbons (Fsp3) is 0.895. The van der Waals surface area contributed by atoms with Crippen molar-refractivity contribution >= 4 is 11.9 Å². The van der Waals surface area contributed by atoms with Crippen LogP contribution in [0.5, 0.6) is 0 Å². The highest BCUT2D eigenvalue weighted by molar-refractivity contribution is 5.80. The van der Waals surface area contributed by atoms with E-state index < -0.39 is 0 Å². The Labute approximate surface area is 153 Å². The Morgan fingerprint density at radius 1 is 1.08 bits per heavy atom. The molecule has 0 unspecified atom stereocenters. The third kappa shape index (κ3) is 6.49. The maximum atomic E-state index is 11.5. The maximum Gasteiger partial charge on any atom is 0.220 e. The van der Waals surface area contributed by atoms with Gasteiger partial charge in [-0.05, 0) is 63.6 Å². The predicted octanol–water partition coefficient (Wildman–Crippen LogP) is 1.53. The van der Waals surface area contributed by atoms with E-state index in [1.807, 2.05) is 7.05 Å². The summed E-state index contributed by atoms with van der Waals surface area (Å²) in [5.41, 5.74) is 0. The van der Waals surface area contributed by atoms with E-state index in [1.54, 1.807) is 7.05 Å². The van der Waals surface area contributed by atoms with Crippen LogP contribution in [0.25, 0.3) is 0 Å². The van der Waals surface area contributed by atoms with E-state index in [2.05, 4.69) is 32.3 Å². The summed E-state index contributed by atoms with van der Waals surface area (Å²) in [6, 6.07) is 0. The molecule has 0 radical (unpaired) electrons. The third-order valence-electron chi connectivity index (χ3n) is 5.67. The van der Waals surface area contributed by atoms with E-state index in [4.69, 9.17) is 0 Å². The molecule has 2 heterocycles. The lowest BCUT2D eigenvalue weighted by atomic mass is 9.93. The summed E-state index contributed by atoms with van der Waals surface area (Å²) in [4.78, 5) is 21.0. The molecule has 2 saturated heterocycles. The average Bonchev–Trinajstić information content (AvgIpc) is 2.65. The van der Waals surface area contributed by atoms with Crippen LogP contribution >= 0.6 is 0 Å². The molecule has 0 spiro atoms. The van der Waals surface area contributed by atoms with E-state index in [9.17, 15) is 4.79 Å². The third-order valence-corrected chi connectivity index (χ3v) is 5.67. The van der Waals surface area contributed by atoms with Crippen LogP contribution < -0.4 is 10.6 Å². The Morgan fingerprint density at radius 2 is 1.72 bits per heavy atom. The fourth-order valence-corrected chi connectivity index (χ4v) is 4.01. The van der Waals surface area contributed by atoms with Gasteiger partial charge < -0.3 is 20.4 Å². The predicted molar refractivity (Wildman–Crippen MR) is 104 cm³/mol. The van der Waals surface area contributed by atoms with Gasteiger partial charge in [0.1, 0.15) is 0 Å². The van der Waals surface area contributed by atoms with Gasteiger partial charge >= 0.3 is 0 Å². The van der Waals surface area contributed by atoms with E-state index in [-0.39, 0.29) is 5.91 Å². The molecule has 6 heteroatoms. The van der Waals surface area contributed by atoms with Crippen LogP contribution in [-0.2, 0) is 4.79 Å². The molecule has 0 saturated carbocycles. The van der Waals surface area contributed by atoms with Gasteiger partial charge in [0.2, 0.25) is 5.91 Å². The number of amides is 1. The topological polar surface area (TPSA) is 60.0 Å². The van der Waals surface area contributed by atoms with Crippen molar-refractivity contribution in [3.8, 4) is 0 Å². The number of hydrogen-bond donors (Lipinski definition) is 2. The first-order valence-corrected chi connectivity index (χ1v) is 10.0. The van der Waals surface area contributed by atoms with Crippen molar-refractivity contribution < 1.29 is 4.79 Å². The molecular formula is C19H37N5O. The standard InChI is InChI=1S/C19H37N5O/c1-4-9-23-10-5-17(6-11-23)15-22-19(21-3)24-12-7-16(8-13-24)14-18(25)20-2/h16-17H,4-15H2,1-3H3,(H,20,25)(H,21,22). The molecule has 2 aliphatic rings. The molecule has 0 atom stereocenters. The molecule has 25 heavy (non-hydrogen) atoms. The van der Waals surface area contributed by atoms with Crippen molar-refractivity contribution in [3.63, 3.8) is 0 Å². The van der Waals surface area contributed by atoms with Gasteiger partial charge in [-0.1, -0.05) is 6.92 Å². The molecule has 0 aromatic rings. The van der Waals surface area contributed by atoms with Crippen molar-refractivity contribution in [1.29, 1.82) is 0 Å². The molecule has 0 aromatic carbocycles. The van der Waals surface area contributed by atoms with E-state index in [0.29, 0.717) is 12.3 Å². The molecule has 2 aliphatic heterocycles. The highest BCUT2D eigenvalue weighted by Crippen LogP contribution is 2.21. The lowest BCUT2D eigenvalue weighted by Crippen LogP contribution is -2.48. The van der Waals surface area contributed by atoms with E-state index >= 15 is 0 Å². The van der Waals surface area contributed by atoms with Crippen LogP contribution in [0.15, 0.2) is 4.99 Å². The summed E-state index contributed by atoms with van der Waals surface area (Å²) in [5, 5.41) is 6.33. The number of hydrogen-bond acceptors (Lipinski definition) is 3. The van der Waals surface area contributed by atoms with E-state index in [1.165, 1.54) is 38.9 Å². The number of nitrogens with zero attached hydrogens (tertiary/aromatic N) is 3. The molecule has 0 aromatic heterocycles. The van der Waals surface area contributed by atoms with Crippen molar-refractivity contribution in [1.82, 2.24) is 20.4 Å². The summed E-state index contributed by atoms with van der Waals surface area (Å²) < 4.78 is 0. The quantitative estimate of drug-likeness (QED) is 0.563. The fourth-order valence-electron chi connectivity index (χ4n) is 4.01. The van der Waals surface area contributed by atoms with Gasteiger partial charge in [0.25, 0.3) is 0 Å². The van der Waals surface area contributed by atoms with Crippen molar-refractivity contribution in [3.05, 3.63) is 0 Å². The van der Waals surface area contributed by atoms with Crippen LogP contribution in [0.1, 0.15) is 45.4 Å². The highest BCUT2D eigenvalue weighted by atomic mass is 16.1. The summed E-state index contributed by atoms with van der Waals surface area (Å²) in [6.07, 6.45) is 6.64. The first kappa shape index (κ1) is 20.0. The van der Waals surface area contributed by atoms with E-state index in [0.717, 1.165) is 44.4 Å². The summed E-state index contributed by atoms with van der Waals surface area (Å²) in [7, 11) is 3.60. The minimum atomic E-state index is 0.162. The molecule has 144 valence electrons. The van der Waals surface area contributed by atoms with Crippen LogP contribution in [0, 0.1) is 11.8 Å². The number of guanidine groups is 1.